The number of rotatable bonds is 3. The van der Waals surface area contributed by atoms with Gasteiger partial charge in [-0.3, -0.25) is 0 Å². The maximum Gasteiger partial charge on any atom is 0.124 e. The van der Waals surface area contributed by atoms with Crippen molar-refractivity contribution in [2.75, 3.05) is 6.54 Å². The van der Waals surface area contributed by atoms with E-state index in [4.69, 9.17) is 0 Å². The molecule has 94 valence electrons. The summed E-state index contributed by atoms with van der Waals surface area (Å²) < 4.78 is 13.9. The van der Waals surface area contributed by atoms with E-state index in [2.05, 4.69) is 42.0 Å². The highest BCUT2D eigenvalue weighted by molar-refractivity contribution is 9.10. The van der Waals surface area contributed by atoms with E-state index in [9.17, 15) is 4.39 Å². The maximum atomic E-state index is 13.0. The summed E-state index contributed by atoms with van der Waals surface area (Å²) in [6.45, 7) is 7.58. The Balaban J connectivity index is 1.94. The molecule has 1 aromatic carbocycles. The van der Waals surface area contributed by atoms with Gasteiger partial charge in [-0.25, -0.2) is 4.39 Å². The summed E-state index contributed by atoms with van der Waals surface area (Å²) in [6, 6.07) is 5.01. The monoisotopic (exact) mass is 299 g/mol. The Morgan fingerprint density at radius 1 is 1.41 bits per heavy atom. The Morgan fingerprint density at radius 2 is 2.12 bits per heavy atom. The lowest BCUT2D eigenvalue weighted by Gasteiger charge is -2.20. The molecule has 0 spiro atoms. The van der Waals surface area contributed by atoms with Crippen LogP contribution < -0.4 is 5.32 Å². The van der Waals surface area contributed by atoms with Crippen molar-refractivity contribution in [3.63, 3.8) is 0 Å². The van der Waals surface area contributed by atoms with Gasteiger partial charge in [0.15, 0.2) is 0 Å². The first kappa shape index (κ1) is 13.0. The Labute approximate surface area is 111 Å². The van der Waals surface area contributed by atoms with Gasteiger partial charge in [0.1, 0.15) is 5.82 Å². The Bertz CT molecular complexity index is 411. The Kier molecular flexibility index (Phi) is 3.60. The smallest absolute Gasteiger partial charge is 0.124 e. The molecule has 1 N–H and O–H groups in total. The first-order chi connectivity index (χ1) is 7.87. The minimum atomic E-state index is -0.175. The van der Waals surface area contributed by atoms with Crippen LogP contribution in [0.15, 0.2) is 22.7 Å². The van der Waals surface area contributed by atoms with Crippen molar-refractivity contribution in [3.8, 4) is 0 Å². The summed E-state index contributed by atoms with van der Waals surface area (Å²) in [4.78, 5) is 0. The molecule has 1 aliphatic rings. The summed E-state index contributed by atoms with van der Waals surface area (Å²) in [5.41, 5.74) is 1.42. The van der Waals surface area contributed by atoms with Crippen molar-refractivity contribution in [3.05, 3.63) is 34.1 Å². The minimum absolute atomic E-state index is 0.174. The molecule has 2 rings (SSSR count). The highest BCUT2D eigenvalue weighted by atomic mass is 79.9. The van der Waals surface area contributed by atoms with Gasteiger partial charge in [-0.1, -0.05) is 22.0 Å². The molecular weight excluding hydrogens is 281 g/mol. The third-order valence-corrected chi connectivity index (χ3v) is 3.87. The molecule has 1 nitrogen and oxygen atoms in total. The van der Waals surface area contributed by atoms with Crippen molar-refractivity contribution in [1.82, 2.24) is 5.32 Å². The lowest BCUT2D eigenvalue weighted by molar-refractivity contribution is 0.414. The zero-order chi connectivity index (χ0) is 12.6. The number of benzene rings is 1. The number of hydrogen-bond acceptors (Lipinski definition) is 1. The second-order valence-electron chi connectivity index (χ2n) is 5.90. The normalized spacial score (nSPS) is 23.8. The van der Waals surface area contributed by atoms with Gasteiger partial charge < -0.3 is 5.32 Å². The van der Waals surface area contributed by atoms with Gasteiger partial charge >= 0.3 is 0 Å². The molecule has 0 amide bonds. The molecule has 1 aliphatic carbocycles. The van der Waals surface area contributed by atoms with Crippen LogP contribution in [0, 0.1) is 11.7 Å². The van der Waals surface area contributed by atoms with Crippen LogP contribution in [0.5, 0.6) is 0 Å². The first-order valence-corrected chi connectivity index (χ1v) is 6.86. The SMILES string of the molecule is CC(C)(C)NCC1CC1c1ccc(F)cc1Br. The number of nitrogens with one attached hydrogen (secondary N) is 1. The average molecular weight is 300 g/mol. The maximum absolute atomic E-state index is 13.0. The van der Waals surface area contributed by atoms with Gasteiger partial charge in [0.2, 0.25) is 0 Å². The molecule has 2 unspecified atom stereocenters. The van der Waals surface area contributed by atoms with Gasteiger partial charge in [-0.05, 0) is 63.3 Å². The van der Waals surface area contributed by atoms with Crippen molar-refractivity contribution >= 4 is 15.9 Å². The Morgan fingerprint density at radius 3 is 2.71 bits per heavy atom. The van der Waals surface area contributed by atoms with E-state index in [1.807, 2.05) is 6.07 Å². The zero-order valence-corrected chi connectivity index (χ0v) is 12.1. The third-order valence-electron chi connectivity index (χ3n) is 3.18. The molecule has 2 atom stereocenters. The lowest BCUT2D eigenvalue weighted by atomic mass is 10.1. The van der Waals surface area contributed by atoms with Crippen molar-refractivity contribution in [1.29, 1.82) is 0 Å². The standard InChI is InChI=1S/C14H19BrFN/c1-14(2,3)17-8-9-6-12(9)11-5-4-10(16)7-13(11)15/h4-5,7,9,12,17H,6,8H2,1-3H3. The van der Waals surface area contributed by atoms with Crippen molar-refractivity contribution < 1.29 is 4.39 Å². The molecule has 0 aromatic heterocycles. The average Bonchev–Trinajstić information content (AvgIpc) is 2.93. The molecule has 1 aromatic rings. The fourth-order valence-corrected chi connectivity index (χ4v) is 2.74. The van der Waals surface area contributed by atoms with Gasteiger partial charge in [0.05, 0.1) is 0 Å². The second-order valence-corrected chi connectivity index (χ2v) is 6.75. The highest BCUT2D eigenvalue weighted by Crippen LogP contribution is 2.49. The molecular formula is C14H19BrFN. The zero-order valence-electron chi connectivity index (χ0n) is 10.6. The van der Waals surface area contributed by atoms with Crippen LogP contribution in [0.4, 0.5) is 4.39 Å². The minimum Gasteiger partial charge on any atom is -0.312 e. The second kappa shape index (κ2) is 4.69. The van der Waals surface area contributed by atoms with Crippen LogP contribution in [-0.2, 0) is 0 Å². The van der Waals surface area contributed by atoms with Gasteiger partial charge in [0.25, 0.3) is 0 Å². The van der Waals surface area contributed by atoms with E-state index in [0.717, 1.165) is 11.0 Å². The summed E-state index contributed by atoms with van der Waals surface area (Å²) >= 11 is 3.45. The van der Waals surface area contributed by atoms with E-state index >= 15 is 0 Å². The fraction of sp³-hybridized carbons (Fsp3) is 0.571. The summed E-state index contributed by atoms with van der Waals surface area (Å²) in [5, 5.41) is 3.53. The van der Waals surface area contributed by atoms with E-state index < -0.39 is 0 Å². The van der Waals surface area contributed by atoms with Gasteiger partial charge in [0, 0.05) is 10.0 Å². The van der Waals surface area contributed by atoms with Gasteiger partial charge in [-0.15, -0.1) is 0 Å². The topological polar surface area (TPSA) is 12.0 Å². The summed E-state index contributed by atoms with van der Waals surface area (Å²) in [5.74, 6) is 1.10. The van der Waals surface area contributed by atoms with E-state index in [1.54, 1.807) is 12.1 Å². The third kappa shape index (κ3) is 3.52. The molecule has 0 saturated heterocycles. The largest absolute Gasteiger partial charge is 0.312 e. The molecule has 0 radical (unpaired) electrons. The molecule has 1 fully saturated rings. The Hall–Kier alpha value is -0.410. The van der Waals surface area contributed by atoms with E-state index in [0.29, 0.717) is 11.8 Å². The number of halogens is 2. The first-order valence-electron chi connectivity index (χ1n) is 6.07. The highest BCUT2D eigenvalue weighted by Gasteiger charge is 2.39. The summed E-state index contributed by atoms with van der Waals surface area (Å²) in [7, 11) is 0. The molecule has 0 aliphatic heterocycles. The van der Waals surface area contributed by atoms with Crippen LogP contribution in [0.1, 0.15) is 38.7 Å². The summed E-state index contributed by atoms with van der Waals surface area (Å²) in [6.07, 6.45) is 1.20. The van der Waals surface area contributed by atoms with Gasteiger partial charge in [-0.2, -0.15) is 0 Å². The molecule has 17 heavy (non-hydrogen) atoms. The van der Waals surface area contributed by atoms with Crippen LogP contribution >= 0.6 is 15.9 Å². The van der Waals surface area contributed by atoms with E-state index in [1.165, 1.54) is 12.0 Å². The van der Waals surface area contributed by atoms with Crippen LogP contribution in [-0.4, -0.2) is 12.1 Å². The van der Waals surface area contributed by atoms with Crippen LogP contribution in [0.2, 0.25) is 0 Å². The lowest BCUT2D eigenvalue weighted by Crippen LogP contribution is -2.37. The van der Waals surface area contributed by atoms with Crippen LogP contribution in [0.3, 0.4) is 0 Å². The molecule has 0 heterocycles. The van der Waals surface area contributed by atoms with E-state index in [-0.39, 0.29) is 11.4 Å². The fourth-order valence-electron chi connectivity index (χ4n) is 2.09. The molecule has 1 saturated carbocycles. The quantitative estimate of drug-likeness (QED) is 0.887. The van der Waals surface area contributed by atoms with Crippen molar-refractivity contribution in [2.45, 2.75) is 38.6 Å². The molecule has 0 bridgehead atoms. The van der Waals surface area contributed by atoms with Crippen LogP contribution in [0.25, 0.3) is 0 Å². The predicted octanol–water partition coefficient (Wildman–Crippen LogP) is 4.08. The number of hydrogen-bond donors (Lipinski definition) is 1. The molecule has 3 heteroatoms. The predicted molar refractivity (Wildman–Crippen MR) is 72.7 cm³/mol. The van der Waals surface area contributed by atoms with Crippen molar-refractivity contribution in [2.24, 2.45) is 5.92 Å².